The maximum absolute atomic E-state index is 13.6. The maximum atomic E-state index is 13.6. The molecule has 0 spiro atoms. The lowest BCUT2D eigenvalue weighted by molar-refractivity contribution is 0.392. The molecule has 0 aliphatic carbocycles. The molecule has 0 bridgehead atoms. The van der Waals surface area contributed by atoms with E-state index in [2.05, 4.69) is 30.7 Å². The highest BCUT2D eigenvalue weighted by Gasteiger charge is 2.27. The molecule has 166 valence electrons. The minimum atomic E-state index is -3.84. The Kier molecular flexibility index (Phi) is 6.03. The Balaban J connectivity index is 1.73. The van der Waals surface area contributed by atoms with E-state index in [-0.39, 0.29) is 29.0 Å². The van der Waals surface area contributed by atoms with Crippen LogP contribution in [-0.2, 0) is 28.5 Å². The molecule has 0 fully saturated rings. The second kappa shape index (κ2) is 8.61. The average Bonchev–Trinajstić information content (AvgIpc) is 3.23. The number of aromatic amines is 1. The highest BCUT2D eigenvalue weighted by molar-refractivity contribution is 7.89. The Hall–Kier alpha value is -2.81. The molecule has 0 unspecified atom stereocenters. The van der Waals surface area contributed by atoms with Crippen LogP contribution in [0.3, 0.4) is 0 Å². The quantitative estimate of drug-likeness (QED) is 0.447. The van der Waals surface area contributed by atoms with Gasteiger partial charge >= 0.3 is 0 Å². The van der Waals surface area contributed by atoms with Crippen molar-refractivity contribution in [3.8, 4) is 0 Å². The van der Waals surface area contributed by atoms with Crippen molar-refractivity contribution in [2.45, 2.75) is 44.2 Å². The Bertz CT molecular complexity index is 1380. The number of nitrogens with one attached hydrogen (secondary N) is 1. The van der Waals surface area contributed by atoms with E-state index in [9.17, 15) is 13.2 Å². The molecule has 0 aliphatic rings. The molecule has 6 nitrogen and oxygen atoms in total. The first-order valence-corrected chi connectivity index (χ1v) is 12.6. The number of aromatic nitrogens is 2. The molecular formula is C24H25N3O3S2. The van der Waals surface area contributed by atoms with Gasteiger partial charge in [0.15, 0.2) is 0 Å². The largest absolute Gasteiger partial charge is 0.308 e. The standard InChI is InChI=1S/C24H25N3O3S2/c1-24(2,3)18-9-11-19(12-10-18)32(29,30)27(15-17-7-5-4-6-8-17)16-21-25-20-13-14-31-22(20)23(28)26-21/h4-14H,15-16H2,1-3H3,(H,25,26,28). The van der Waals surface area contributed by atoms with E-state index in [0.29, 0.717) is 16.0 Å². The molecule has 2 heterocycles. The van der Waals surface area contributed by atoms with Crippen molar-refractivity contribution < 1.29 is 8.42 Å². The van der Waals surface area contributed by atoms with Crippen LogP contribution in [0.4, 0.5) is 0 Å². The van der Waals surface area contributed by atoms with Gasteiger partial charge in [0, 0.05) is 6.54 Å². The molecule has 0 atom stereocenters. The van der Waals surface area contributed by atoms with Crippen LogP contribution >= 0.6 is 11.3 Å². The van der Waals surface area contributed by atoms with Gasteiger partial charge in [0.05, 0.1) is 17.0 Å². The Morgan fingerprint density at radius 1 is 0.969 bits per heavy atom. The summed E-state index contributed by atoms with van der Waals surface area (Å²) >= 11 is 1.31. The summed E-state index contributed by atoms with van der Waals surface area (Å²) in [5, 5.41) is 1.80. The van der Waals surface area contributed by atoms with Crippen LogP contribution in [0.2, 0.25) is 0 Å². The second-order valence-electron chi connectivity index (χ2n) is 8.68. The molecule has 0 aliphatic heterocycles. The first kappa shape index (κ1) is 22.4. The van der Waals surface area contributed by atoms with Gasteiger partial charge in [-0.05, 0) is 40.1 Å². The Morgan fingerprint density at radius 3 is 2.31 bits per heavy atom. The zero-order valence-electron chi connectivity index (χ0n) is 18.2. The summed E-state index contributed by atoms with van der Waals surface area (Å²) in [6.07, 6.45) is 0. The van der Waals surface area contributed by atoms with E-state index in [1.54, 1.807) is 23.6 Å². The van der Waals surface area contributed by atoms with Crippen molar-refractivity contribution in [3.05, 3.63) is 93.3 Å². The van der Waals surface area contributed by atoms with Crippen molar-refractivity contribution in [2.75, 3.05) is 0 Å². The van der Waals surface area contributed by atoms with Crippen molar-refractivity contribution in [2.24, 2.45) is 0 Å². The van der Waals surface area contributed by atoms with E-state index in [1.807, 2.05) is 42.5 Å². The van der Waals surface area contributed by atoms with E-state index >= 15 is 0 Å². The third-order valence-corrected chi connectivity index (χ3v) is 7.96. The van der Waals surface area contributed by atoms with Crippen molar-refractivity contribution in [1.82, 2.24) is 14.3 Å². The lowest BCUT2D eigenvalue weighted by Gasteiger charge is -2.23. The van der Waals surface area contributed by atoms with Gasteiger partial charge in [-0.3, -0.25) is 4.79 Å². The molecular weight excluding hydrogens is 442 g/mol. The van der Waals surface area contributed by atoms with E-state index in [4.69, 9.17) is 0 Å². The Labute approximate surface area is 191 Å². The topological polar surface area (TPSA) is 83.1 Å². The number of thiophene rings is 1. The minimum Gasteiger partial charge on any atom is -0.308 e. The molecule has 4 aromatic rings. The highest BCUT2D eigenvalue weighted by Crippen LogP contribution is 2.26. The van der Waals surface area contributed by atoms with Crippen molar-refractivity contribution in [3.63, 3.8) is 0 Å². The van der Waals surface area contributed by atoms with Crippen LogP contribution in [0.1, 0.15) is 37.7 Å². The summed E-state index contributed by atoms with van der Waals surface area (Å²) in [6.45, 7) is 6.37. The fraction of sp³-hybridized carbons (Fsp3) is 0.250. The first-order valence-electron chi connectivity index (χ1n) is 10.3. The predicted octanol–water partition coefficient (Wildman–Crippen LogP) is 4.67. The van der Waals surface area contributed by atoms with Crippen molar-refractivity contribution in [1.29, 1.82) is 0 Å². The molecule has 0 saturated heterocycles. The number of nitrogens with zero attached hydrogens (tertiary/aromatic N) is 2. The average molecular weight is 468 g/mol. The maximum Gasteiger partial charge on any atom is 0.268 e. The van der Waals surface area contributed by atoms with Gasteiger partial charge in [0.2, 0.25) is 10.0 Å². The third kappa shape index (κ3) is 4.67. The van der Waals surface area contributed by atoms with Gasteiger partial charge in [-0.1, -0.05) is 63.2 Å². The van der Waals surface area contributed by atoms with E-state index in [1.165, 1.54) is 15.6 Å². The Morgan fingerprint density at radius 2 is 1.66 bits per heavy atom. The lowest BCUT2D eigenvalue weighted by Crippen LogP contribution is -2.32. The number of sulfonamides is 1. The van der Waals surface area contributed by atoms with Gasteiger partial charge < -0.3 is 4.98 Å². The normalized spacial score (nSPS) is 12.5. The van der Waals surface area contributed by atoms with Gasteiger partial charge in [-0.25, -0.2) is 13.4 Å². The van der Waals surface area contributed by atoms with Crippen LogP contribution in [-0.4, -0.2) is 22.7 Å². The summed E-state index contributed by atoms with van der Waals surface area (Å²) in [5.74, 6) is 0.312. The molecule has 0 amide bonds. The number of benzene rings is 2. The summed E-state index contributed by atoms with van der Waals surface area (Å²) in [7, 11) is -3.84. The molecule has 2 aromatic carbocycles. The van der Waals surface area contributed by atoms with Crippen LogP contribution in [0.15, 0.2) is 75.7 Å². The molecule has 0 saturated carbocycles. The van der Waals surface area contributed by atoms with Crippen molar-refractivity contribution >= 4 is 31.6 Å². The fourth-order valence-corrected chi connectivity index (χ4v) is 5.57. The van der Waals surface area contributed by atoms with Gasteiger partial charge in [0.25, 0.3) is 5.56 Å². The summed E-state index contributed by atoms with van der Waals surface area (Å²) < 4.78 is 29.1. The second-order valence-corrected chi connectivity index (χ2v) is 11.5. The molecule has 32 heavy (non-hydrogen) atoms. The highest BCUT2D eigenvalue weighted by atomic mass is 32.2. The number of fused-ring (bicyclic) bond motifs is 1. The summed E-state index contributed by atoms with van der Waals surface area (Å²) in [6, 6.07) is 18.1. The monoisotopic (exact) mass is 467 g/mol. The van der Waals surface area contributed by atoms with Gasteiger partial charge in [-0.2, -0.15) is 4.31 Å². The summed E-state index contributed by atoms with van der Waals surface area (Å²) in [5.41, 5.74) is 2.14. The minimum absolute atomic E-state index is 0.0424. The number of H-pyrrole nitrogens is 1. The van der Waals surface area contributed by atoms with Gasteiger partial charge in [-0.15, -0.1) is 11.3 Å². The zero-order valence-corrected chi connectivity index (χ0v) is 19.8. The van der Waals surface area contributed by atoms with Crippen LogP contribution in [0, 0.1) is 0 Å². The molecule has 0 radical (unpaired) electrons. The lowest BCUT2D eigenvalue weighted by atomic mass is 9.87. The molecule has 1 N–H and O–H groups in total. The van der Waals surface area contributed by atoms with E-state index in [0.717, 1.165) is 11.1 Å². The summed E-state index contributed by atoms with van der Waals surface area (Å²) in [4.78, 5) is 19.8. The smallest absolute Gasteiger partial charge is 0.268 e. The SMILES string of the molecule is CC(C)(C)c1ccc(S(=O)(=O)N(Cc2ccccc2)Cc2nc3ccsc3c(=O)[nH]2)cc1. The van der Waals surface area contributed by atoms with E-state index < -0.39 is 10.0 Å². The fourth-order valence-electron chi connectivity index (χ4n) is 3.45. The number of rotatable bonds is 6. The van der Waals surface area contributed by atoms with Gasteiger partial charge in [0.1, 0.15) is 10.5 Å². The van der Waals surface area contributed by atoms with Crippen LogP contribution < -0.4 is 5.56 Å². The zero-order chi connectivity index (χ0) is 22.9. The molecule has 8 heteroatoms. The molecule has 4 rings (SSSR count). The predicted molar refractivity (Wildman–Crippen MR) is 128 cm³/mol. The number of hydrogen-bond donors (Lipinski definition) is 1. The first-order chi connectivity index (χ1) is 15.1. The van der Waals surface area contributed by atoms with Crippen LogP contribution in [0.25, 0.3) is 10.2 Å². The molecule has 2 aromatic heterocycles. The number of hydrogen-bond acceptors (Lipinski definition) is 5. The third-order valence-electron chi connectivity index (χ3n) is 5.25. The van der Waals surface area contributed by atoms with Crippen LogP contribution in [0.5, 0.6) is 0 Å².